The number of carbonyl (C=O) groups is 1. The van der Waals surface area contributed by atoms with Crippen LogP contribution >= 0.6 is 0 Å². The second-order valence-corrected chi connectivity index (χ2v) is 4.85. The van der Waals surface area contributed by atoms with Gasteiger partial charge in [0.25, 0.3) is 0 Å². The molecule has 2 heterocycles. The monoisotopic (exact) mass is 236 g/mol. The van der Waals surface area contributed by atoms with Gasteiger partial charge in [0.1, 0.15) is 0 Å². The zero-order valence-corrected chi connectivity index (χ0v) is 10.0. The standard InChI is InChI=1S/C12H16N2O3/c1-8(2)5-9-3-4-13-10(14-9)12(11(15)16)6-17-7-12/h3-4,8H,5-7H2,1-2H3,(H,15,16). The first-order valence-electron chi connectivity index (χ1n) is 5.68. The molecular weight excluding hydrogens is 220 g/mol. The van der Waals surface area contributed by atoms with Crippen molar-refractivity contribution in [2.24, 2.45) is 5.92 Å². The summed E-state index contributed by atoms with van der Waals surface area (Å²) in [6.07, 6.45) is 2.45. The summed E-state index contributed by atoms with van der Waals surface area (Å²) < 4.78 is 5.01. The molecule has 0 bridgehead atoms. The summed E-state index contributed by atoms with van der Waals surface area (Å²) in [7, 11) is 0. The molecule has 2 rings (SSSR count). The normalized spacial score (nSPS) is 17.8. The molecule has 5 heteroatoms. The lowest BCUT2D eigenvalue weighted by Crippen LogP contribution is -2.54. The molecular formula is C12H16N2O3. The highest BCUT2D eigenvalue weighted by Crippen LogP contribution is 2.30. The van der Waals surface area contributed by atoms with E-state index >= 15 is 0 Å². The van der Waals surface area contributed by atoms with Crippen LogP contribution in [0.2, 0.25) is 0 Å². The Labute approximate surface area is 99.9 Å². The molecule has 0 atom stereocenters. The lowest BCUT2D eigenvalue weighted by Gasteiger charge is -2.35. The highest BCUT2D eigenvalue weighted by molar-refractivity contribution is 5.81. The molecule has 92 valence electrons. The van der Waals surface area contributed by atoms with E-state index < -0.39 is 11.4 Å². The Morgan fingerprint density at radius 3 is 2.76 bits per heavy atom. The molecule has 0 aromatic carbocycles. The van der Waals surface area contributed by atoms with Gasteiger partial charge in [0.05, 0.1) is 13.2 Å². The van der Waals surface area contributed by atoms with Crippen molar-refractivity contribution in [3.63, 3.8) is 0 Å². The van der Waals surface area contributed by atoms with Crippen molar-refractivity contribution in [1.82, 2.24) is 9.97 Å². The van der Waals surface area contributed by atoms with Crippen LogP contribution in [0, 0.1) is 5.92 Å². The van der Waals surface area contributed by atoms with Gasteiger partial charge in [-0.2, -0.15) is 0 Å². The number of hydrogen-bond acceptors (Lipinski definition) is 4. The van der Waals surface area contributed by atoms with Crippen molar-refractivity contribution < 1.29 is 14.6 Å². The first-order chi connectivity index (χ1) is 8.04. The molecule has 1 aromatic rings. The van der Waals surface area contributed by atoms with E-state index in [1.54, 1.807) is 6.20 Å². The van der Waals surface area contributed by atoms with Crippen LogP contribution in [0.4, 0.5) is 0 Å². The summed E-state index contributed by atoms with van der Waals surface area (Å²) in [5.41, 5.74) is -0.148. The zero-order valence-electron chi connectivity index (χ0n) is 10.0. The van der Waals surface area contributed by atoms with E-state index in [0.717, 1.165) is 12.1 Å². The molecule has 0 aliphatic carbocycles. The van der Waals surface area contributed by atoms with Gasteiger partial charge < -0.3 is 9.84 Å². The second-order valence-electron chi connectivity index (χ2n) is 4.85. The maximum atomic E-state index is 11.3. The van der Waals surface area contributed by atoms with Gasteiger partial charge in [0, 0.05) is 11.9 Å². The topological polar surface area (TPSA) is 72.3 Å². The maximum absolute atomic E-state index is 11.3. The van der Waals surface area contributed by atoms with E-state index in [2.05, 4.69) is 23.8 Å². The molecule has 1 saturated heterocycles. The Hall–Kier alpha value is -1.49. The quantitative estimate of drug-likeness (QED) is 0.845. The van der Waals surface area contributed by atoms with Gasteiger partial charge in [0.2, 0.25) is 0 Å². The van der Waals surface area contributed by atoms with Crippen LogP contribution < -0.4 is 0 Å². The van der Waals surface area contributed by atoms with Crippen LogP contribution in [0.5, 0.6) is 0 Å². The van der Waals surface area contributed by atoms with Gasteiger partial charge in [0.15, 0.2) is 11.2 Å². The lowest BCUT2D eigenvalue weighted by atomic mass is 9.85. The summed E-state index contributed by atoms with van der Waals surface area (Å²) >= 11 is 0. The van der Waals surface area contributed by atoms with Gasteiger partial charge in [-0.25, -0.2) is 9.97 Å². The zero-order chi connectivity index (χ0) is 12.5. The fourth-order valence-corrected chi connectivity index (χ4v) is 1.81. The predicted octanol–water partition coefficient (Wildman–Crippen LogP) is 1.03. The Kier molecular flexibility index (Phi) is 3.11. The first-order valence-corrected chi connectivity index (χ1v) is 5.68. The number of carboxylic acid groups (broad SMARTS) is 1. The van der Waals surface area contributed by atoms with E-state index in [1.807, 2.05) is 6.07 Å². The van der Waals surface area contributed by atoms with Crippen LogP contribution in [0.3, 0.4) is 0 Å². The van der Waals surface area contributed by atoms with Crippen LogP contribution in [0.1, 0.15) is 25.4 Å². The van der Waals surface area contributed by atoms with Crippen LogP contribution in [0.15, 0.2) is 12.3 Å². The van der Waals surface area contributed by atoms with Gasteiger partial charge in [-0.3, -0.25) is 4.79 Å². The number of aliphatic carboxylic acids is 1. The van der Waals surface area contributed by atoms with E-state index in [0.29, 0.717) is 11.7 Å². The number of nitrogens with zero attached hydrogens (tertiary/aromatic N) is 2. The van der Waals surface area contributed by atoms with Crippen molar-refractivity contribution >= 4 is 5.97 Å². The van der Waals surface area contributed by atoms with Gasteiger partial charge in [-0.05, 0) is 18.4 Å². The van der Waals surface area contributed by atoms with Crippen LogP contribution in [-0.2, 0) is 21.4 Å². The van der Waals surface area contributed by atoms with Crippen molar-refractivity contribution in [3.8, 4) is 0 Å². The van der Waals surface area contributed by atoms with Crippen molar-refractivity contribution in [2.45, 2.75) is 25.7 Å². The van der Waals surface area contributed by atoms with E-state index in [4.69, 9.17) is 4.74 Å². The van der Waals surface area contributed by atoms with E-state index in [1.165, 1.54) is 0 Å². The summed E-state index contributed by atoms with van der Waals surface area (Å²) in [6, 6.07) is 1.83. The number of aromatic nitrogens is 2. The minimum atomic E-state index is -1.03. The predicted molar refractivity (Wildman–Crippen MR) is 60.7 cm³/mol. The SMILES string of the molecule is CC(C)Cc1ccnc(C2(C(=O)O)COC2)n1. The maximum Gasteiger partial charge on any atom is 0.322 e. The number of hydrogen-bond donors (Lipinski definition) is 1. The van der Waals surface area contributed by atoms with Crippen LogP contribution in [-0.4, -0.2) is 34.3 Å². The summed E-state index contributed by atoms with van der Waals surface area (Å²) in [5, 5.41) is 9.25. The lowest BCUT2D eigenvalue weighted by molar-refractivity contribution is -0.164. The molecule has 5 nitrogen and oxygen atoms in total. The van der Waals surface area contributed by atoms with E-state index in [9.17, 15) is 9.90 Å². The molecule has 1 aromatic heterocycles. The summed E-state index contributed by atoms with van der Waals surface area (Å²) in [5.74, 6) is -0.0592. The fourth-order valence-electron chi connectivity index (χ4n) is 1.81. The molecule has 17 heavy (non-hydrogen) atoms. The van der Waals surface area contributed by atoms with Crippen molar-refractivity contribution in [1.29, 1.82) is 0 Å². The highest BCUT2D eigenvalue weighted by atomic mass is 16.5. The minimum absolute atomic E-state index is 0.160. The summed E-state index contributed by atoms with van der Waals surface area (Å²) in [4.78, 5) is 19.7. The number of rotatable bonds is 4. The fraction of sp³-hybridized carbons (Fsp3) is 0.583. The molecule has 1 N–H and O–H groups in total. The molecule has 0 saturated carbocycles. The molecule has 1 fully saturated rings. The molecule has 0 radical (unpaired) electrons. The summed E-state index contributed by atoms with van der Waals surface area (Å²) in [6.45, 7) is 4.52. The third kappa shape index (κ3) is 2.15. The third-order valence-electron chi connectivity index (χ3n) is 2.86. The Balaban J connectivity index is 2.29. The van der Waals surface area contributed by atoms with Gasteiger partial charge in [-0.15, -0.1) is 0 Å². The number of ether oxygens (including phenoxy) is 1. The molecule has 0 amide bonds. The van der Waals surface area contributed by atoms with E-state index in [-0.39, 0.29) is 13.2 Å². The molecule has 0 spiro atoms. The molecule has 0 unspecified atom stereocenters. The first kappa shape index (κ1) is 12.0. The van der Waals surface area contributed by atoms with Gasteiger partial charge in [-0.1, -0.05) is 13.8 Å². The average Bonchev–Trinajstić information content (AvgIpc) is 2.14. The minimum Gasteiger partial charge on any atom is -0.480 e. The molecule has 1 aliphatic rings. The second kappa shape index (κ2) is 4.41. The van der Waals surface area contributed by atoms with Crippen molar-refractivity contribution in [3.05, 3.63) is 23.8 Å². The third-order valence-corrected chi connectivity index (χ3v) is 2.86. The number of carboxylic acids is 1. The molecule has 1 aliphatic heterocycles. The van der Waals surface area contributed by atoms with Gasteiger partial charge >= 0.3 is 5.97 Å². The van der Waals surface area contributed by atoms with Crippen LogP contribution in [0.25, 0.3) is 0 Å². The Bertz CT molecular complexity index is 428. The average molecular weight is 236 g/mol. The largest absolute Gasteiger partial charge is 0.480 e. The van der Waals surface area contributed by atoms with Crippen molar-refractivity contribution in [2.75, 3.05) is 13.2 Å². The Morgan fingerprint density at radius 1 is 1.59 bits per heavy atom. The smallest absolute Gasteiger partial charge is 0.322 e. The Morgan fingerprint density at radius 2 is 2.29 bits per heavy atom. The highest BCUT2D eigenvalue weighted by Gasteiger charge is 2.50.